The predicted molar refractivity (Wildman–Crippen MR) is 115 cm³/mol. The fraction of sp³-hybridized carbons (Fsp3) is 0.304. The SMILES string of the molecule is CCOC(=O)C1C(OC)c2c(c3cnccc3n(CC(=O)c3ccccc3)c2=O)N1C. The number of nitrogens with zero attached hydrogens (tertiary/aromatic N) is 3. The van der Waals surface area contributed by atoms with Gasteiger partial charge in [-0.2, -0.15) is 0 Å². The average Bonchev–Trinajstić information content (AvgIpc) is 3.09. The van der Waals surface area contributed by atoms with E-state index in [1.54, 1.807) is 61.6 Å². The number of likely N-dealkylation sites (N-methyl/N-ethyl adjacent to an activating group) is 1. The summed E-state index contributed by atoms with van der Waals surface area (Å²) in [6.07, 6.45) is 2.38. The molecule has 3 heterocycles. The van der Waals surface area contributed by atoms with Crippen LogP contribution >= 0.6 is 0 Å². The van der Waals surface area contributed by atoms with Gasteiger partial charge in [-0.3, -0.25) is 19.1 Å². The Morgan fingerprint density at radius 1 is 1.16 bits per heavy atom. The van der Waals surface area contributed by atoms with Gasteiger partial charge < -0.3 is 14.4 Å². The van der Waals surface area contributed by atoms with Crippen LogP contribution in [0.25, 0.3) is 10.9 Å². The molecule has 0 N–H and O–H groups in total. The third kappa shape index (κ3) is 3.38. The van der Waals surface area contributed by atoms with Crippen molar-refractivity contribution in [2.24, 2.45) is 0 Å². The minimum Gasteiger partial charge on any atom is -0.464 e. The summed E-state index contributed by atoms with van der Waals surface area (Å²) in [5.74, 6) is -0.667. The third-order valence-electron chi connectivity index (χ3n) is 5.60. The summed E-state index contributed by atoms with van der Waals surface area (Å²) in [4.78, 5) is 45.1. The maximum Gasteiger partial charge on any atom is 0.331 e. The Kier molecular flexibility index (Phi) is 5.56. The molecule has 0 saturated heterocycles. The first kappa shape index (κ1) is 20.7. The van der Waals surface area contributed by atoms with Crippen molar-refractivity contribution in [3.8, 4) is 0 Å². The first-order chi connectivity index (χ1) is 15.0. The van der Waals surface area contributed by atoms with Gasteiger partial charge in [-0.25, -0.2) is 4.79 Å². The van der Waals surface area contributed by atoms with E-state index in [0.29, 0.717) is 27.7 Å². The van der Waals surface area contributed by atoms with Crippen LogP contribution < -0.4 is 10.5 Å². The van der Waals surface area contributed by atoms with E-state index in [2.05, 4.69) is 4.98 Å². The molecule has 2 unspecified atom stereocenters. The molecular weight excluding hydrogens is 398 g/mol. The van der Waals surface area contributed by atoms with Gasteiger partial charge in [0.25, 0.3) is 5.56 Å². The van der Waals surface area contributed by atoms with E-state index < -0.39 is 18.1 Å². The van der Waals surface area contributed by atoms with E-state index in [1.807, 2.05) is 6.07 Å². The molecule has 1 aliphatic rings. The molecule has 0 amide bonds. The third-order valence-corrected chi connectivity index (χ3v) is 5.60. The number of Topliss-reactive ketones (excluding diaryl/α,β-unsaturated/α-hetero) is 1. The van der Waals surface area contributed by atoms with Gasteiger partial charge in [-0.05, 0) is 13.0 Å². The molecule has 2 aromatic heterocycles. The molecule has 2 atom stereocenters. The Morgan fingerprint density at radius 3 is 2.58 bits per heavy atom. The molecule has 160 valence electrons. The second-order valence-corrected chi connectivity index (χ2v) is 7.30. The van der Waals surface area contributed by atoms with Gasteiger partial charge in [0.2, 0.25) is 0 Å². The number of hydrogen-bond donors (Lipinski definition) is 0. The fourth-order valence-electron chi connectivity index (χ4n) is 4.21. The molecule has 1 aliphatic heterocycles. The van der Waals surface area contributed by atoms with Crippen LogP contribution in [0.4, 0.5) is 5.69 Å². The van der Waals surface area contributed by atoms with Gasteiger partial charge >= 0.3 is 5.97 Å². The molecule has 0 spiro atoms. The van der Waals surface area contributed by atoms with Crippen LogP contribution in [0, 0.1) is 0 Å². The van der Waals surface area contributed by atoms with Crippen molar-refractivity contribution in [1.82, 2.24) is 9.55 Å². The van der Waals surface area contributed by atoms with Crippen molar-refractivity contribution < 1.29 is 19.1 Å². The van der Waals surface area contributed by atoms with Crippen LogP contribution in [-0.4, -0.2) is 48.1 Å². The van der Waals surface area contributed by atoms with E-state index in [1.165, 1.54) is 11.7 Å². The van der Waals surface area contributed by atoms with E-state index in [-0.39, 0.29) is 24.5 Å². The zero-order valence-electron chi connectivity index (χ0n) is 17.6. The Hall–Kier alpha value is -3.52. The smallest absolute Gasteiger partial charge is 0.331 e. The highest BCUT2D eigenvalue weighted by Crippen LogP contribution is 2.42. The second kappa shape index (κ2) is 8.31. The Morgan fingerprint density at radius 2 is 1.90 bits per heavy atom. The van der Waals surface area contributed by atoms with Crippen molar-refractivity contribution in [1.29, 1.82) is 0 Å². The van der Waals surface area contributed by atoms with Gasteiger partial charge in [0, 0.05) is 37.5 Å². The number of ketones is 1. The number of anilines is 1. The summed E-state index contributed by atoms with van der Waals surface area (Å²) in [6.45, 7) is 1.80. The molecule has 0 bridgehead atoms. The summed E-state index contributed by atoms with van der Waals surface area (Å²) in [5.41, 5.74) is 1.60. The number of carbonyl (C=O) groups excluding carboxylic acids is 2. The largest absolute Gasteiger partial charge is 0.464 e. The number of esters is 1. The van der Waals surface area contributed by atoms with Crippen LogP contribution in [0.2, 0.25) is 0 Å². The second-order valence-electron chi connectivity index (χ2n) is 7.30. The highest BCUT2D eigenvalue weighted by molar-refractivity contribution is 6.00. The van der Waals surface area contributed by atoms with Crippen LogP contribution in [0.5, 0.6) is 0 Å². The van der Waals surface area contributed by atoms with E-state index >= 15 is 0 Å². The Balaban J connectivity index is 1.91. The van der Waals surface area contributed by atoms with E-state index in [9.17, 15) is 14.4 Å². The molecule has 8 heteroatoms. The normalized spacial score (nSPS) is 17.6. The zero-order chi connectivity index (χ0) is 22.1. The highest BCUT2D eigenvalue weighted by Gasteiger charge is 2.46. The zero-order valence-corrected chi connectivity index (χ0v) is 17.6. The van der Waals surface area contributed by atoms with E-state index in [0.717, 1.165) is 0 Å². The lowest BCUT2D eigenvalue weighted by atomic mass is 10.1. The van der Waals surface area contributed by atoms with Crippen LogP contribution in [0.1, 0.15) is 28.9 Å². The Bertz CT molecular complexity index is 1210. The lowest BCUT2D eigenvalue weighted by Crippen LogP contribution is -2.40. The number of hydrogen-bond acceptors (Lipinski definition) is 7. The van der Waals surface area contributed by atoms with Gasteiger partial charge in [0.1, 0.15) is 6.10 Å². The summed E-state index contributed by atoms with van der Waals surface area (Å²) < 4.78 is 12.3. The lowest BCUT2D eigenvalue weighted by molar-refractivity contribution is -0.147. The quantitative estimate of drug-likeness (QED) is 0.446. The number of carbonyl (C=O) groups is 2. The minimum atomic E-state index is -0.825. The van der Waals surface area contributed by atoms with Gasteiger partial charge in [0.15, 0.2) is 11.8 Å². The molecule has 1 aromatic carbocycles. The standard InChI is InChI=1S/C23H23N3O5/c1-4-31-23(29)20-21(30-3)18-19(25(20)2)15-12-24-11-10-16(15)26(22(18)28)13-17(27)14-8-6-5-7-9-14/h5-12,20-21H,4,13H2,1-3H3. The Labute approximate surface area is 179 Å². The molecule has 31 heavy (non-hydrogen) atoms. The van der Waals surface area contributed by atoms with Crippen molar-refractivity contribution >= 4 is 28.3 Å². The molecule has 0 aliphatic carbocycles. The molecule has 0 radical (unpaired) electrons. The molecular formula is C23H23N3O5. The topological polar surface area (TPSA) is 90.7 Å². The van der Waals surface area contributed by atoms with E-state index in [4.69, 9.17) is 9.47 Å². The minimum absolute atomic E-state index is 0.138. The molecule has 4 rings (SSSR count). The highest BCUT2D eigenvalue weighted by atomic mass is 16.5. The number of methoxy groups -OCH3 is 1. The molecule has 3 aromatic rings. The van der Waals surface area contributed by atoms with Crippen molar-refractivity contribution in [3.05, 3.63) is 70.3 Å². The average molecular weight is 421 g/mol. The number of pyridine rings is 2. The predicted octanol–water partition coefficient (Wildman–Crippen LogP) is 2.35. The van der Waals surface area contributed by atoms with Gasteiger partial charge in [-0.1, -0.05) is 30.3 Å². The van der Waals surface area contributed by atoms with Crippen LogP contribution in [0.3, 0.4) is 0 Å². The molecule has 0 saturated carbocycles. The van der Waals surface area contributed by atoms with Gasteiger partial charge in [-0.15, -0.1) is 0 Å². The number of fused-ring (bicyclic) bond motifs is 3. The monoisotopic (exact) mass is 421 g/mol. The maximum absolute atomic E-state index is 13.6. The molecule has 8 nitrogen and oxygen atoms in total. The number of rotatable bonds is 6. The number of benzene rings is 1. The summed E-state index contributed by atoms with van der Waals surface area (Å²) >= 11 is 0. The lowest BCUT2D eigenvalue weighted by Gasteiger charge is -2.24. The molecule has 0 fully saturated rings. The maximum atomic E-state index is 13.6. The van der Waals surface area contributed by atoms with Crippen molar-refractivity contribution in [3.63, 3.8) is 0 Å². The first-order valence-corrected chi connectivity index (χ1v) is 10.0. The number of ether oxygens (including phenoxy) is 2. The van der Waals surface area contributed by atoms with Crippen LogP contribution in [-0.2, 0) is 20.8 Å². The number of aromatic nitrogens is 2. The van der Waals surface area contributed by atoms with Crippen molar-refractivity contribution in [2.75, 3.05) is 25.7 Å². The summed E-state index contributed by atoms with van der Waals surface area (Å²) in [5, 5.41) is 0.661. The summed E-state index contributed by atoms with van der Waals surface area (Å²) in [7, 11) is 3.18. The first-order valence-electron chi connectivity index (χ1n) is 10.0. The van der Waals surface area contributed by atoms with Crippen LogP contribution in [0.15, 0.2) is 53.6 Å². The summed E-state index contributed by atoms with van der Waals surface area (Å²) in [6, 6.07) is 9.70. The van der Waals surface area contributed by atoms with Gasteiger partial charge in [0.05, 0.1) is 29.9 Å². The van der Waals surface area contributed by atoms with Crippen molar-refractivity contribution in [2.45, 2.75) is 25.6 Å². The fourth-order valence-corrected chi connectivity index (χ4v) is 4.21.